The fourth-order valence-corrected chi connectivity index (χ4v) is 5.15. The molecule has 0 aliphatic carbocycles. The third-order valence-corrected chi connectivity index (χ3v) is 10.8. The van der Waals surface area contributed by atoms with Gasteiger partial charge < -0.3 is 28.1 Å². The molecule has 2 aliphatic heterocycles. The largest absolute Gasteiger partial charge is 0.409 e. The Labute approximate surface area is 165 Å². The molecular formula is C20H38O6Si. The lowest BCUT2D eigenvalue weighted by Crippen LogP contribution is -2.74. The summed E-state index contributed by atoms with van der Waals surface area (Å²) in [6.45, 7) is 21.5. The van der Waals surface area contributed by atoms with Crippen molar-refractivity contribution in [2.45, 2.75) is 89.1 Å². The second-order valence-corrected chi connectivity index (χ2v) is 14.4. The van der Waals surface area contributed by atoms with E-state index >= 15 is 0 Å². The fraction of sp³-hybridized carbons (Fsp3) is 0.900. The molecule has 0 unspecified atom stereocenters. The molecule has 0 bridgehead atoms. The first-order valence-electron chi connectivity index (χ1n) is 9.58. The maximum Gasteiger partial charge on any atom is 0.231 e. The summed E-state index contributed by atoms with van der Waals surface area (Å²) in [4.78, 5) is 0. The van der Waals surface area contributed by atoms with Gasteiger partial charge in [-0.15, -0.1) is 0 Å². The highest BCUT2D eigenvalue weighted by molar-refractivity contribution is 6.74. The molecule has 0 N–H and O–H groups in total. The van der Waals surface area contributed by atoms with Crippen LogP contribution in [0.1, 0.15) is 41.5 Å². The van der Waals surface area contributed by atoms with Crippen molar-refractivity contribution in [3.63, 3.8) is 0 Å². The number of rotatable bonds is 5. The Morgan fingerprint density at radius 1 is 1.15 bits per heavy atom. The van der Waals surface area contributed by atoms with Crippen molar-refractivity contribution >= 4 is 8.32 Å². The summed E-state index contributed by atoms with van der Waals surface area (Å²) in [6, 6.07) is 0. The minimum Gasteiger partial charge on any atom is -0.409 e. The van der Waals surface area contributed by atoms with E-state index in [0.29, 0.717) is 6.61 Å². The average molecular weight is 403 g/mol. The van der Waals surface area contributed by atoms with E-state index in [1.54, 1.807) is 14.2 Å². The van der Waals surface area contributed by atoms with Crippen LogP contribution in [0.5, 0.6) is 0 Å². The van der Waals surface area contributed by atoms with Gasteiger partial charge in [-0.25, -0.2) is 0 Å². The molecular weight excluding hydrogens is 364 g/mol. The van der Waals surface area contributed by atoms with Gasteiger partial charge >= 0.3 is 0 Å². The van der Waals surface area contributed by atoms with E-state index in [1.165, 1.54) is 0 Å². The molecule has 0 saturated carbocycles. The van der Waals surface area contributed by atoms with E-state index in [-0.39, 0.29) is 17.7 Å². The lowest BCUT2D eigenvalue weighted by atomic mass is 9.77. The van der Waals surface area contributed by atoms with Crippen molar-refractivity contribution in [3.05, 3.63) is 12.2 Å². The summed E-state index contributed by atoms with van der Waals surface area (Å²) in [7, 11) is 1.25. The van der Waals surface area contributed by atoms with Crippen LogP contribution < -0.4 is 0 Å². The SMILES string of the molecule is C=C(C)[C@@]1(OC)[C@H](OC)[C@H](O[Si](C)(C)C(C)(C)C)CO[C@]12COC(C)(C)O2. The van der Waals surface area contributed by atoms with Crippen LogP contribution in [0.2, 0.25) is 18.1 Å². The first kappa shape index (κ1) is 23.0. The van der Waals surface area contributed by atoms with Gasteiger partial charge in [0.25, 0.3) is 0 Å². The van der Waals surface area contributed by atoms with Gasteiger partial charge in [0.1, 0.15) is 12.7 Å². The van der Waals surface area contributed by atoms with Gasteiger partial charge in [-0.1, -0.05) is 27.4 Å². The highest BCUT2D eigenvalue weighted by atomic mass is 28.4. The van der Waals surface area contributed by atoms with Gasteiger partial charge in [0, 0.05) is 14.2 Å². The van der Waals surface area contributed by atoms with E-state index in [4.69, 9.17) is 28.1 Å². The zero-order valence-electron chi connectivity index (χ0n) is 18.7. The van der Waals surface area contributed by atoms with E-state index in [9.17, 15) is 0 Å². The fourth-order valence-electron chi connectivity index (χ4n) is 3.85. The zero-order chi connectivity index (χ0) is 20.9. The Morgan fingerprint density at radius 3 is 2.11 bits per heavy atom. The van der Waals surface area contributed by atoms with Crippen LogP contribution >= 0.6 is 0 Å². The van der Waals surface area contributed by atoms with Crippen molar-refractivity contribution in [3.8, 4) is 0 Å². The van der Waals surface area contributed by atoms with Crippen molar-refractivity contribution in [1.29, 1.82) is 0 Å². The Hall–Kier alpha value is -0.283. The van der Waals surface area contributed by atoms with Gasteiger partial charge in [0.05, 0.1) is 12.7 Å². The average Bonchev–Trinajstić information content (AvgIpc) is 2.83. The summed E-state index contributed by atoms with van der Waals surface area (Å²) in [5, 5.41) is 0.0638. The topological polar surface area (TPSA) is 55.4 Å². The third kappa shape index (κ3) is 3.68. The molecule has 27 heavy (non-hydrogen) atoms. The van der Waals surface area contributed by atoms with Gasteiger partial charge in [-0.05, 0) is 44.5 Å². The third-order valence-electron chi connectivity index (χ3n) is 6.27. The number of hydrogen-bond acceptors (Lipinski definition) is 6. The predicted molar refractivity (Wildman–Crippen MR) is 107 cm³/mol. The molecule has 0 aromatic heterocycles. The van der Waals surface area contributed by atoms with Crippen molar-refractivity contribution in [1.82, 2.24) is 0 Å². The van der Waals surface area contributed by atoms with Gasteiger partial charge in [0.15, 0.2) is 19.7 Å². The lowest BCUT2D eigenvalue weighted by Gasteiger charge is -2.56. The molecule has 2 fully saturated rings. The Bertz CT molecular complexity index is 569. The van der Waals surface area contributed by atoms with E-state index < -0.39 is 31.6 Å². The molecule has 7 heteroatoms. The van der Waals surface area contributed by atoms with Crippen molar-refractivity contribution in [2.24, 2.45) is 0 Å². The molecule has 0 aromatic rings. The van der Waals surface area contributed by atoms with Crippen LogP contribution in [0.4, 0.5) is 0 Å². The summed E-state index contributed by atoms with van der Waals surface area (Å²) in [5.41, 5.74) is -0.303. The normalized spacial score (nSPS) is 37.0. The minimum atomic E-state index is -2.06. The molecule has 0 amide bonds. The van der Waals surface area contributed by atoms with Crippen LogP contribution in [0, 0.1) is 0 Å². The quantitative estimate of drug-likeness (QED) is 0.514. The Morgan fingerprint density at radius 2 is 1.74 bits per heavy atom. The summed E-state index contributed by atoms with van der Waals surface area (Å²) < 4.78 is 37.2. The van der Waals surface area contributed by atoms with Gasteiger partial charge in [0.2, 0.25) is 5.79 Å². The van der Waals surface area contributed by atoms with Crippen molar-refractivity contribution in [2.75, 3.05) is 27.4 Å². The number of ether oxygens (including phenoxy) is 5. The Balaban J connectivity index is 2.48. The number of hydrogen-bond donors (Lipinski definition) is 0. The Kier molecular flexibility index (Phi) is 6.13. The second kappa shape index (κ2) is 7.20. The van der Waals surface area contributed by atoms with Crippen LogP contribution in [-0.4, -0.2) is 65.1 Å². The van der Waals surface area contributed by atoms with E-state index in [0.717, 1.165) is 5.57 Å². The lowest BCUT2D eigenvalue weighted by molar-refractivity contribution is -0.371. The van der Waals surface area contributed by atoms with Crippen LogP contribution in [-0.2, 0) is 28.1 Å². The monoisotopic (exact) mass is 402 g/mol. The maximum atomic E-state index is 6.68. The standard InChI is InChI=1S/C20H38O6Si/c1-14(2)20(22-9)16(21-8)15(25-27(10,11)17(3,4)5)12-23-19(20)13-24-18(6,7)26-19/h15-16H,1,12-13H2,2-11H3/t15-,16-,19+,20-/m1/s1. The molecule has 158 valence electrons. The first-order valence-corrected chi connectivity index (χ1v) is 12.5. The van der Waals surface area contributed by atoms with E-state index in [1.807, 2.05) is 20.8 Å². The smallest absolute Gasteiger partial charge is 0.231 e. The number of methoxy groups -OCH3 is 2. The van der Waals surface area contributed by atoms with Gasteiger partial charge in [-0.2, -0.15) is 0 Å². The van der Waals surface area contributed by atoms with Crippen molar-refractivity contribution < 1.29 is 28.1 Å². The first-order chi connectivity index (χ1) is 12.2. The predicted octanol–water partition coefficient (Wildman–Crippen LogP) is 3.86. The highest BCUT2D eigenvalue weighted by Gasteiger charge is 2.70. The van der Waals surface area contributed by atoms with Crippen LogP contribution in [0.25, 0.3) is 0 Å². The summed E-state index contributed by atoms with van der Waals surface area (Å²) >= 11 is 0. The summed E-state index contributed by atoms with van der Waals surface area (Å²) in [5.74, 6) is -1.92. The second-order valence-electron chi connectivity index (χ2n) is 9.65. The van der Waals surface area contributed by atoms with Crippen LogP contribution in [0.15, 0.2) is 12.2 Å². The molecule has 6 nitrogen and oxygen atoms in total. The van der Waals surface area contributed by atoms with E-state index in [2.05, 4.69) is 40.4 Å². The highest BCUT2D eigenvalue weighted by Crippen LogP contribution is 2.51. The molecule has 0 radical (unpaired) electrons. The molecule has 2 rings (SSSR count). The molecule has 1 spiro atoms. The van der Waals surface area contributed by atoms with Gasteiger partial charge in [-0.3, -0.25) is 0 Å². The molecule has 2 aliphatic rings. The molecule has 4 atom stereocenters. The minimum absolute atomic E-state index is 0.0638. The zero-order valence-corrected chi connectivity index (χ0v) is 19.7. The maximum absolute atomic E-state index is 6.68. The summed E-state index contributed by atoms with van der Waals surface area (Å²) in [6.07, 6.45) is -0.745. The molecule has 2 saturated heterocycles. The molecule has 0 aromatic carbocycles. The van der Waals surface area contributed by atoms with Crippen LogP contribution in [0.3, 0.4) is 0 Å². The molecule has 2 heterocycles.